The van der Waals surface area contributed by atoms with Crippen LogP contribution in [0, 0.1) is 0 Å². The van der Waals surface area contributed by atoms with Gasteiger partial charge in [-0.1, -0.05) is 0 Å². The third-order valence-corrected chi connectivity index (χ3v) is 3.03. The van der Waals surface area contributed by atoms with Gasteiger partial charge >= 0.3 is 0 Å². The molecule has 2 heterocycles. The molecule has 0 bridgehead atoms. The predicted molar refractivity (Wildman–Crippen MR) is 68.8 cm³/mol. The summed E-state index contributed by atoms with van der Waals surface area (Å²) in [6, 6.07) is 1.76. The highest BCUT2D eigenvalue weighted by atomic mass is 16.5. The first-order chi connectivity index (χ1) is 8.58. The summed E-state index contributed by atoms with van der Waals surface area (Å²) in [5.74, 6) is 0.619. The third kappa shape index (κ3) is 2.79. The molecule has 0 saturated carbocycles. The van der Waals surface area contributed by atoms with E-state index < -0.39 is 0 Å². The van der Waals surface area contributed by atoms with Crippen LogP contribution in [0.15, 0.2) is 18.5 Å². The Kier molecular flexibility index (Phi) is 3.81. The normalized spacial score (nSPS) is 19.4. The molecule has 98 valence electrons. The van der Waals surface area contributed by atoms with Crippen LogP contribution in [0.3, 0.4) is 0 Å². The van der Waals surface area contributed by atoms with E-state index in [2.05, 4.69) is 9.88 Å². The van der Waals surface area contributed by atoms with Crippen molar-refractivity contribution >= 4 is 5.91 Å². The molecule has 1 aromatic heterocycles. The average molecular weight is 249 g/mol. The Morgan fingerprint density at radius 1 is 1.56 bits per heavy atom. The Morgan fingerprint density at radius 2 is 2.33 bits per heavy atom. The first kappa shape index (κ1) is 12.8. The SMILES string of the molecule is CN(C)CCC1CN(C)C(=O)c2cnccc2O1. The first-order valence-corrected chi connectivity index (χ1v) is 6.09. The van der Waals surface area contributed by atoms with Crippen LogP contribution in [-0.4, -0.2) is 61.0 Å². The second-order valence-electron chi connectivity index (χ2n) is 4.89. The Hall–Kier alpha value is -1.62. The molecule has 1 aliphatic heterocycles. The Balaban J connectivity index is 2.17. The van der Waals surface area contributed by atoms with E-state index in [9.17, 15) is 4.79 Å². The van der Waals surface area contributed by atoms with Crippen molar-refractivity contribution in [2.75, 3.05) is 34.2 Å². The summed E-state index contributed by atoms with van der Waals surface area (Å²) in [6.45, 7) is 1.55. The zero-order valence-electron chi connectivity index (χ0n) is 11.1. The van der Waals surface area contributed by atoms with Gasteiger partial charge in [0, 0.05) is 26.0 Å². The maximum absolute atomic E-state index is 12.1. The highest BCUT2D eigenvalue weighted by molar-refractivity contribution is 5.96. The van der Waals surface area contributed by atoms with Gasteiger partial charge in [0.25, 0.3) is 5.91 Å². The smallest absolute Gasteiger partial charge is 0.259 e. The molecule has 0 aromatic carbocycles. The van der Waals surface area contributed by atoms with Crippen molar-refractivity contribution in [3.8, 4) is 5.75 Å². The molecular formula is C13H19N3O2. The molecule has 0 saturated heterocycles. The van der Waals surface area contributed by atoms with Crippen molar-refractivity contribution in [1.82, 2.24) is 14.8 Å². The number of hydrogen-bond donors (Lipinski definition) is 0. The molecule has 0 radical (unpaired) electrons. The molecule has 1 aromatic rings. The Morgan fingerprint density at radius 3 is 3.06 bits per heavy atom. The summed E-state index contributed by atoms with van der Waals surface area (Å²) in [5.41, 5.74) is 0.548. The first-order valence-electron chi connectivity index (χ1n) is 6.09. The van der Waals surface area contributed by atoms with Gasteiger partial charge < -0.3 is 14.5 Å². The van der Waals surface area contributed by atoms with E-state index in [4.69, 9.17) is 4.74 Å². The summed E-state index contributed by atoms with van der Waals surface area (Å²) >= 11 is 0. The molecule has 0 N–H and O–H groups in total. The largest absolute Gasteiger partial charge is 0.488 e. The summed E-state index contributed by atoms with van der Waals surface area (Å²) < 4.78 is 5.92. The summed E-state index contributed by atoms with van der Waals surface area (Å²) in [5, 5.41) is 0. The standard InChI is InChI=1S/C13H19N3O2/c1-15(2)7-5-10-9-16(3)13(17)11-8-14-6-4-12(11)18-10/h4,6,8,10H,5,7,9H2,1-3H3. The number of ether oxygens (including phenoxy) is 1. The van der Waals surface area contributed by atoms with Gasteiger partial charge in [-0.15, -0.1) is 0 Å². The van der Waals surface area contributed by atoms with Crippen molar-refractivity contribution in [3.05, 3.63) is 24.0 Å². The average Bonchev–Trinajstić information content (AvgIpc) is 2.46. The fourth-order valence-electron chi connectivity index (χ4n) is 2.01. The van der Waals surface area contributed by atoms with Gasteiger partial charge in [-0.2, -0.15) is 0 Å². The molecule has 1 amide bonds. The fraction of sp³-hybridized carbons (Fsp3) is 0.538. The number of rotatable bonds is 3. The van der Waals surface area contributed by atoms with Gasteiger partial charge in [0.15, 0.2) is 0 Å². The molecule has 18 heavy (non-hydrogen) atoms. The lowest BCUT2D eigenvalue weighted by atomic mass is 10.2. The number of carbonyl (C=O) groups is 1. The van der Waals surface area contributed by atoms with E-state index in [0.29, 0.717) is 17.9 Å². The lowest BCUT2D eigenvalue weighted by Gasteiger charge is -2.21. The predicted octanol–water partition coefficient (Wildman–Crippen LogP) is 0.866. The van der Waals surface area contributed by atoms with Crippen molar-refractivity contribution < 1.29 is 9.53 Å². The fourth-order valence-corrected chi connectivity index (χ4v) is 2.01. The summed E-state index contributed by atoms with van der Waals surface area (Å²) in [7, 11) is 5.86. The van der Waals surface area contributed by atoms with E-state index in [1.807, 2.05) is 14.1 Å². The van der Waals surface area contributed by atoms with E-state index in [1.54, 1.807) is 30.4 Å². The van der Waals surface area contributed by atoms with E-state index in [0.717, 1.165) is 13.0 Å². The molecule has 1 atom stereocenters. The maximum Gasteiger partial charge on any atom is 0.259 e. The lowest BCUT2D eigenvalue weighted by Crippen LogP contribution is -2.35. The van der Waals surface area contributed by atoms with Crippen LogP contribution in [-0.2, 0) is 0 Å². The highest BCUT2D eigenvalue weighted by Crippen LogP contribution is 2.24. The van der Waals surface area contributed by atoms with Crippen LogP contribution >= 0.6 is 0 Å². The number of pyridine rings is 1. The molecular weight excluding hydrogens is 230 g/mol. The third-order valence-electron chi connectivity index (χ3n) is 3.03. The lowest BCUT2D eigenvalue weighted by molar-refractivity contribution is 0.0750. The number of nitrogens with zero attached hydrogens (tertiary/aromatic N) is 3. The minimum atomic E-state index is -0.0227. The van der Waals surface area contributed by atoms with Gasteiger partial charge in [-0.3, -0.25) is 9.78 Å². The van der Waals surface area contributed by atoms with Crippen molar-refractivity contribution in [1.29, 1.82) is 0 Å². The zero-order chi connectivity index (χ0) is 13.1. The Bertz CT molecular complexity index is 434. The minimum absolute atomic E-state index is 0.0227. The van der Waals surface area contributed by atoms with E-state index >= 15 is 0 Å². The molecule has 1 aliphatic rings. The van der Waals surface area contributed by atoms with Crippen LogP contribution in [0.5, 0.6) is 5.75 Å². The molecule has 5 heteroatoms. The van der Waals surface area contributed by atoms with Crippen LogP contribution < -0.4 is 4.74 Å². The second kappa shape index (κ2) is 5.35. The van der Waals surface area contributed by atoms with E-state index in [1.165, 1.54) is 0 Å². The van der Waals surface area contributed by atoms with E-state index in [-0.39, 0.29) is 12.0 Å². The highest BCUT2D eigenvalue weighted by Gasteiger charge is 2.26. The number of hydrogen-bond acceptors (Lipinski definition) is 4. The molecule has 1 unspecified atom stereocenters. The number of aromatic nitrogens is 1. The number of fused-ring (bicyclic) bond motifs is 1. The molecule has 5 nitrogen and oxygen atoms in total. The number of amides is 1. The van der Waals surface area contributed by atoms with Gasteiger partial charge in [0.2, 0.25) is 0 Å². The molecule has 2 rings (SSSR count). The van der Waals surface area contributed by atoms with Crippen molar-refractivity contribution in [2.24, 2.45) is 0 Å². The zero-order valence-corrected chi connectivity index (χ0v) is 11.1. The molecule has 0 spiro atoms. The van der Waals surface area contributed by atoms with Crippen LogP contribution in [0.25, 0.3) is 0 Å². The quantitative estimate of drug-likeness (QED) is 0.797. The molecule has 0 fully saturated rings. The maximum atomic E-state index is 12.1. The van der Waals surface area contributed by atoms with Crippen LogP contribution in [0.2, 0.25) is 0 Å². The number of carbonyl (C=O) groups excluding carboxylic acids is 1. The van der Waals surface area contributed by atoms with Gasteiger partial charge in [0.1, 0.15) is 11.9 Å². The van der Waals surface area contributed by atoms with Crippen LogP contribution in [0.4, 0.5) is 0 Å². The van der Waals surface area contributed by atoms with Crippen molar-refractivity contribution in [2.45, 2.75) is 12.5 Å². The number of likely N-dealkylation sites (N-methyl/N-ethyl adjacent to an activating group) is 1. The molecule has 0 aliphatic carbocycles. The van der Waals surface area contributed by atoms with Gasteiger partial charge in [0.05, 0.1) is 12.1 Å². The van der Waals surface area contributed by atoms with Crippen molar-refractivity contribution in [3.63, 3.8) is 0 Å². The second-order valence-corrected chi connectivity index (χ2v) is 4.89. The van der Waals surface area contributed by atoms with Gasteiger partial charge in [-0.05, 0) is 26.6 Å². The minimum Gasteiger partial charge on any atom is -0.488 e. The Labute approximate surface area is 107 Å². The van der Waals surface area contributed by atoms with Crippen LogP contribution in [0.1, 0.15) is 16.8 Å². The monoisotopic (exact) mass is 249 g/mol. The van der Waals surface area contributed by atoms with Gasteiger partial charge in [-0.25, -0.2) is 0 Å². The summed E-state index contributed by atoms with van der Waals surface area (Å²) in [4.78, 5) is 19.9. The topological polar surface area (TPSA) is 45.7 Å². The summed E-state index contributed by atoms with van der Waals surface area (Å²) in [6.07, 6.45) is 4.15.